The van der Waals surface area contributed by atoms with Crippen LogP contribution in [0.1, 0.15) is 5.69 Å². The Morgan fingerprint density at radius 2 is 1.93 bits per heavy atom. The number of fused-ring (bicyclic) bond motifs is 4. The van der Waals surface area contributed by atoms with E-state index < -0.39 is 11.4 Å². The van der Waals surface area contributed by atoms with Crippen molar-refractivity contribution < 1.29 is 4.39 Å². The Kier molecular flexibility index (Phi) is 3.66. The lowest BCUT2D eigenvalue weighted by Crippen LogP contribution is -2.14. The van der Waals surface area contributed by atoms with Crippen molar-refractivity contribution in [3.05, 3.63) is 62.0 Å². The maximum Gasteiger partial charge on any atom is 0.272 e. The lowest BCUT2D eigenvalue weighted by atomic mass is 9.95. The molecule has 0 saturated heterocycles. The predicted molar refractivity (Wildman–Crippen MR) is 117 cm³/mol. The monoisotopic (exact) mass is 485 g/mol. The standard InChI is InChI=1S/C20H13FIN5O/c1-8-2-3-10-17-11(6-14(22)19(10)25-8)15(16(23)20(28)26-17)9-4-5-13(21)18-12(9)7-24-27-18/h2-7H,23H2,1H3,(H,24,27)(H,26,28). The first-order valence-corrected chi connectivity index (χ1v) is 9.57. The van der Waals surface area contributed by atoms with Gasteiger partial charge in [0.1, 0.15) is 17.0 Å². The largest absolute Gasteiger partial charge is 0.394 e. The van der Waals surface area contributed by atoms with Crippen molar-refractivity contribution in [3.63, 3.8) is 0 Å². The van der Waals surface area contributed by atoms with Crippen molar-refractivity contribution in [1.82, 2.24) is 20.2 Å². The molecule has 0 fully saturated rings. The van der Waals surface area contributed by atoms with E-state index in [0.29, 0.717) is 22.0 Å². The quantitative estimate of drug-likeness (QED) is 0.244. The molecule has 138 valence electrons. The Morgan fingerprint density at radius 3 is 2.75 bits per heavy atom. The van der Waals surface area contributed by atoms with Crippen molar-refractivity contribution >= 4 is 61.0 Å². The van der Waals surface area contributed by atoms with Gasteiger partial charge >= 0.3 is 0 Å². The third-order valence-corrected chi connectivity index (χ3v) is 5.75. The second-order valence-corrected chi connectivity index (χ2v) is 7.79. The third kappa shape index (κ3) is 2.34. The SMILES string of the molecule is Cc1ccc2c(n1)c(I)cc1c(-c3ccc(F)c4[nH]ncc34)c(N)c(=O)[nH]c12. The summed E-state index contributed by atoms with van der Waals surface area (Å²) < 4.78 is 15.1. The number of anilines is 1. The van der Waals surface area contributed by atoms with Crippen LogP contribution in [0.3, 0.4) is 0 Å². The number of aromatic amines is 2. The second-order valence-electron chi connectivity index (χ2n) is 6.63. The molecule has 0 saturated carbocycles. The maximum absolute atomic E-state index is 14.1. The fourth-order valence-corrected chi connectivity index (χ4v) is 4.36. The normalized spacial score (nSPS) is 11.7. The lowest BCUT2D eigenvalue weighted by Gasteiger charge is -2.14. The minimum absolute atomic E-state index is 0.0804. The number of benzene rings is 2. The molecule has 0 aliphatic carbocycles. The molecule has 2 aromatic carbocycles. The molecule has 6 nitrogen and oxygen atoms in total. The minimum atomic E-state index is -0.413. The van der Waals surface area contributed by atoms with Crippen LogP contribution in [0.2, 0.25) is 0 Å². The van der Waals surface area contributed by atoms with E-state index in [0.717, 1.165) is 25.6 Å². The van der Waals surface area contributed by atoms with E-state index in [1.807, 2.05) is 25.1 Å². The molecular weight excluding hydrogens is 472 g/mol. The number of H-pyrrole nitrogens is 2. The van der Waals surface area contributed by atoms with Gasteiger partial charge in [-0.25, -0.2) is 4.39 Å². The van der Waals surface area contributed by atoms with Crippen molar-refractivity contribution in [1.29, 1.82) is 0 Å². The zero-order valence-electron chi connectivity index (χ0n) is 14.6. The zero-order chi connectivity index (χ0) is 19.6. The van der Waals surface area contributed by atoms with Crippen LogP contribution in [0, 0.1) is 16.3 Å². The Hall–Kier alpha value is -3.01. The van der Waals surface area contributed by atoms with E-state index in [2.05, 4.69) is 42.8 Å². The highest BCUT2D eigenvalue weighted by Crippen LogP contribution is 2.39. The van der Waals surface area contributed by atoms with Gasteiger partial charge in [-0.1, -0.05) is 6.07 Å². The maximum atomic E-state index is 14.1. The highest BCUT2D eigenvalue weighted by atomic mass is 127. The molecule has 0 atom stereocenters. The van der Waals surface area contributed by atoms with Crippen LogP contribution in [0.4, 0.5) is 10.1 Å². The summed E-state index contributed by atoms with van der Waals surface area (Å²) in [5, 5.41) is 8.79. The van der Waals surface area contributed by atoms with Crippen LogP contribution in [0.25, 0.3) is 43.8 Å². The molecule has 0 aliphatic heterocycles. The Bertz CT molecular complexity index is 1490. The Balaban J connectivity index is 2.02. The number of rotatable bonds is 1. The van der Waals surface area contributed by atoms with Crippen LogP contribution in [0.15, 0.2) is 41.3 Å². The number of nitrogens with zero attached hydrogens (tertiary/aromatic N) is 2. The number of hydrogen-bond acceptors (Lipinski definition) is 4. The molecule has 0 amide bonds. The fourth-order valence-electron chi connectivity index (χ4n) is 3.63. The van der Waals surface area contributed by atoms with E-state index in [9.17, 15) is 9.18 Å². The zero-order valence-corrected chi connectivity index (χ0v) is 16.8. The summed E-state index contributed by atoms with van der Waals surface area (Å²) >= 11 is 2.23. The number of nitrogens with one attached hydrogen (secondary N) is 2. The molecule has 5 aromatic rings. The van der Waals surface area contributed by atoms with E-state index in [-0.39, 0.29) is 11.2 Å². The Labute approximate surface area is 171 Å². The first kappa shape index (κ1) is 17.1. The average Bonchev–Trinajstić information content (AvgIpc) is 3.16. The van der Waals surface area contributed by atoms with Crippen molar-refractivity contribution in [3.8, 4) is 11.1 Å². The molecular formula is C20H13FIN5O. The van der Waals surface area contributed by atoms with E-state index in [4.69, 9.17) is 5.73 Å². The number of aryl methyl sites for hydroxylation is 1. The molecule has 8 heteroatoms. The molecule has 4 N–H and O–H groups in total. The van der Waals surface area contributed by atoms with Crippen LogP contribution in [0.5, 0.6) is 0 Å². The summed E-state index contributed by atoms with van der Waals surface area (Å²) in [6, 6.07) is 8.76. The molecule has 0 bridgehead atoms. The number of nitrogens with two attached hydrogens (primary N) is 1. The summed E-state index contributed by atoms with van der Waals surface area (Å²) in [5.41, 5.74) is 9.73. The molecule has 5 rings (SSSR count). The van der Waals surface area contributed by atoms with E-state index in [1.165, 1.54) is 12.3 Å². The van der Waals surface area contributed by atoms with Gasteiger partial charge in [0, 0.05) is 31.0 Å². The van der Waals surface area contributed by atoms with E-state index in [1.54, 1.807) is 6.07 Å². The molecule has 28 heavy (non-hydrogen) atoms. The Morgan fingerprint density at radius 1 is 1.11 bits per heavy atom. The number of halogens is 2. The summed E-state index contributed by atoms with van der Waals surface area (Å²) in [6.07, 6.45) is 1.54. The van der Waals surface area contributed by atoms with Gasteiger partial charge in [-0.05, 0) is 59.3 Å². The summed E-state index contributed by atoms with van der Waals surface area (Å²) in [7, 11) is 0. The van der Waals surface area contributed by atoms with Crippen molar-refractivity contribution in [2.75, 3.05) is 5.73 Å². The van der Waals surface area contributed by atoms with Gasteiger partial charge in [-0.3, -0.25) is 14.9 Å². The van der Waals surface area contributed by atoms with Crippen LogP contribution < -0.4 is 11.3 Å². The summed E-state index contributed by atoms with van der Waals surface area (Å²) in [5.74, 6) is -0.413. The highest BCUT2D eigenvalue weighted by Gasteiger charge is 2.19. The van der Waals surface area contributed by atoms with Gasteiger partial charge in [0.15, 0.2) is 0 Å². The first-order chi connectivity index (χ1) is 13.5. The van der Waals surface area contributed by atoms with Gasteiger partial charge < -0.3 is 10.7 Å². The molecule has 3 aromatic heterocycles. The van der Waals surface area contributed by atoms with Crippen molar-refractivity contribution in [2.24, 2.45) is 0 Å². The molecule has 3 heterocycles. The number of aromatic nitrogens is 4. The smallest absolute Gasteiger partial charge is 0.272 e. The fraction of sp³-hybridized carbons (Fsp3) is 0.0500. The van der Waals surface area contributed by atoms with Crippen LogP contribution >= 0.6 is 22.6 Å². The highest BCUT2D eigenvalue weighted by molar-refractivity contribution is 14.1. The number of nitrogen functional groups attached to an aromatic ring is 1. The molecule has 0 unspecified atom stereocenters. The molecule has 0 aliphatic rings. The number of pyridine rings is 2. The van der Waals surface area contributed by atoms with Crippen LogP contribution in [-0.4, -0.2) is 20.2 Å². The molecule has 0 spiro atoms. The second kappa shape index (κ2) is 5.99. The third-order valence-electron chi connectivity index (χ3n) is 4.93. The van der Waals surface area contributed by atoms with Gasteiger partial charge in [0.05, 0.1) is 17.2 Å². The average molecular weight is 485 g/mol. The number of hydrogen-bond donors (Lipinski definition) is 3. The van der Waals surface area contributed by atoms with Gasteiger partial charge in [0.2, 0.25) is 0 Å². The predicted octanol–water partition coefficient (Wildman–Crippen LogP) is 4.25. The van der Waals surface area contributed by atoms with Gasteiger partial charge in [-0.2, -0.15) is 5.10 Å². The summed E-state index contributed by atoms with van der Waals surface area (Å²) in [6.45, 7) is 1.92. The van der Waals surface area contributed by atoms with Crippen molar-refractivity contribution in [2.45, 2.75) is 6.92 Å². The minimum Gasteiger partial charge on any atom is -0.394 e. The first-order valence-electron chi connectivity index (χ1n) is 8.49. The topological polar surface area (TPSA) is 100 Å². The van der Waals surface area contributed by atoms with Gasteiger partial charge in [-0.15, -0.1) is 0 Å². The van der Waals surface area contributed by atoms with Crippen LogP contribution in [-0.2, 0) is 0 Å². The molecule has 0 radical (unpaired) electrons. The lowest BCUT2D eigenvalue weighted by molar-refractivity contribution is 0.636. The van der Waals surface area contributed by atoms with E-state index >= 15 is 0 Å². The van der Waals surface area contributed by atoms with Gasteiger partial charge in [0.25, 0.3) is 5.56 Å². The summed E-state index contributed by atoms with van der Waals surface area (Å²) in [4.78, 5) is 20.2.